The first-order valence-electron chi connectivity index (χ1n) is 9.54. The van der Waals surface area contributed by atoms with E-state index in [9.17, 15) is 0 Å². The number of fused-ring (bicyclic) bond motifs is 3. The molecule has 2 aliphatic rings. The Balaban J connectivity index is 0.00000192. The number of aromatic nitrogens is 1. The summed E-state index contributed by atoms with van der Waals surface area (Å²) in [6.07, 6.45) is 15.8. The van der Waals surface area contributed by atoms with Crippen molar-refractivity contribution in [2.75, 3.05) is 13.6 Å². The van der Waals surface area contributed by atoms with E-state index in [0.29, 0.717) is 6.04 Å². The Bertz CT molecular complexity index is 489. The predicted molar refractivity (Wildman–Crippen MR) is 94.1 cm³/mol. The number of nitrogens with one attached hydrogen (secondary N) is 1. The maximum absolute atomic E-state index is 3.57. The molecule has 1 N–H and O–H groups in total. The van der Waals surface area contributed by atoms with Crippen LogP contribution in [0, 0.1) is 5.92 Å². The molecule has 0 saturated carbocycles. The van der Waals surface area contributed by atoms with Crippen LogP contribution < -0.4 is 24.0 Å². The third-order valence-corrected chi connectivity index (χ3v) is 5.87. The van der Waals surface area contributed by atoms with E-state index in [1.807, 2.05) is 0 Å². The van der Waals surface area contributed by atoms with Gasteiger partial charge >= 0.3 is 0 Å². The van der Waals surface area contributed by atoms with Crippen LogP contribution in [0.1, 0.15) is 81.2 Å². The fourth-order valence-electron chi connectivity index (χ4n) is 4.62. The van der Waals surface area contributed by atoms with Gasteiger partial charge < -0.3 is 24.0 Å². The van der Waals surface area contributed by atoms with Crippen molar-refractivity contribution in [2.24, 2.45) is 5.92 Å². The first-order chi connectivity index (χ1) is 10.8. The molecule has 2 heterocycles. The number of pyridine rings is 1. The molecule has 3 heteroatoms. The van der Waals surface area contributed by atoms with Gasteiger partial charge in [0, 0.05) is 6.42 Å². The van der Waals surface area contributed by atoms with Crippen LogP contribution in [0.3, 0.4) is 0 Å². The lowest BCUT2D eigenvalue weighted by Crippen LogP contribution is -3.00. The lowest BCUT2D eigenvalue weighted by molar-refractivity contribution is -0.00000478. The normalized spacial score (nSPS) is 23.2. The fourth-order valence-corrected chi connectivity index (χ4v) is 4.62. The maximum Gasteiger partial charge on any atom is 0.119 e. The van der Waals surface area contributed by atoms with E-state index in [0.717, 1.165) is 5.92 Å². The Kier molecular flexibility index (Phi) is 7.80. The second-order valence-electron chi connectivity index (χ2n) is 7.42. The molecule has 130 valence electrons. The zero-order valence-corrected chi connectivity index (χ0v) is 17.1. The summed E-state index contributed by atoms with van der Waals surface area (Å²) in [5.41, 5.74) is 4.83. The third kappa shape index (κ3) is 4.47. The zero-order chi connectivity index (χ0) is 15.4. The molecule has 1 aliphatic heterocycles. The minimum absolute atomic E-state index is 0. The SMILES string of the molecule is CCCCCCCC[c+]1[nH]ccc2c1CC[C@H]1CCN(C)[C@@H]21.[I-]. The maximum atomic E-state index is 3.57. The molecule has 2 atom stereocenters. The summed E-state index contributed by atoms with van der Waals surface area (Å²) in [7, 11) is 2.31. The standard InChI is InChI=1S/C20H33N2.HI/c1-3-4-5-6-7-8-9-19-17-11-10-16-13-15-22(2)20(16)18(17)12-14-21-19;/h12,14,16,20-21H,3-11,13,15H2,1-2H3;1H/q+1;/p-1/t16-,20+;/m0./s1. The number of rotatable bonds is 7. The molecule has 1 aromatic rings. The summed E-state index contributed by atoms with van der Waals surface area (Å²) >= 11 is 0. The number of aryl methyl sites for hydroxylation is 1. The molecular formula is C20H33IN2. The number of nitrogens with zero attached hydrogens (tertiary/aromatic N) is 1. The van der Waals surface area contributed by atoms with Crippen molar-refractivity contribution < 1.29 is 24.0 Å². The number of halogens is 1. The number of unbranched alkanes of at least 4 members (excludes halogenated alkanes) is 5. The minimum Gasteiger partial charge on any atom is -1.00 e. The van der Waals surface area contributed by atoms with Crippen LogP contribution in [0.4, 0.5) is 0 Å². The summed E-state index contributed by atoms with van der Waals surface area (Å²) in [4.78, 5) is 6.16. The molecule has 2 nitrogen and oxygen atoms in total. The molecular weight excluding hydrogens is 395 g/mol. The van der Waals surface area contributed by atoms with Crippen LogP contribution in [0.2, 0.25) is 0 Å². The summed E-state index contributed by atoms with van der Waals surface area (Å²) in [5.74, 6) is 0.904. The van der Waals surface area contributed by atoms with Gasteiger partial charge in [0.05, 0.1) is 23.2 Å². The minimum atomic E-state index is 0. The number of hydrogen-bond acceptors (Lipinski definition) is 1. The van der Waals surface area contributed by atoms with Gasteiger partial charge in [-0.15, -0.1) is 0 Å². The van der Waals surface area contributed by atoms with Crippen molar-refractivity contribution in [2.45, 2.75) is 77.2 Å². The Morgan fingerprint density at radius 3 is 2.78 bits per heavy atom. The van der Waals surface area contributed by atoms with Gasteiger partial charge in [-0.3, -0.25) is 9.88 Å². The highest BCUT2D eigenvalue weighted by Gasteiger charge is 2.41. The van der Waals surface area contributed by atoms with Crippen molar-refractivity contribution in [1.29, 1.82) is 0 Å². The van der Waals surface area contributed by atoms with E-state index in [1.54, 1.807) is 11.1 Å². The number of aromatic amines is 1. The molecule has 1 aromatic heterocycles. The topological polar surface area (TPSA) is 19.0 Å². The monoisotopic (exact) mass is 428 g/mol. The van der Waals surface area contributed by atoms with Gasteiger partial charge in [-0.25, -0.2) is 0 Å². The average molecular weight is 428 g/mol. The molecule has 0 unspecified atom stereocenters. The molecule has 23 heavy (non-hydrogen) atoms. The Morgan fingerprint density at radius 2 is 1.96 bits per heavy atom. The van der Waals surface area contributed by atoms with Crippen LogP contribution in [0.5, 0.6) is 0 Å². The Labute approximate surface area is 159 Å². The van der Waals surface area contributed by atoms with E-state index >= 15 is 0 Å². The molecule has 1 fully saturated rings. The lowest BCUT2D eigenvalue weighted by Gasteiger charge is -2.28. The number of hydrogen-bond donors (Lipinski definition) is 1. The van der Waals surface area contributed by atoms with Crippen molar-refractivity contribution in [1.82, 2.24) is 9.88 Å². The van der Waals surface area contributed by atoms with Crippen molar-refractivity contribution in [3.05, 3.63) is 29.1 Å². The quantitative estimate of drug-likeness (QED) is 0.401. The van der Waals surface area contributed by atoms with Gasteiger partial charge in [0.25, 0.3) is 0 Å². The zero-order valence-electron chi connectivity index (χ0n) is 14.9. The second kappa shape index (κ2) is 9.36. The van der Waals surface area contributed by atoms with E-state index < -0.39 is 0 Å². The number of H-pyrrole nitrogens is 1. The van der Waals surface area contributed by atoms with E-state index in [-0.39, 0.29) is 24.0 Å². The van der Waals surface area contributed by atoms with Crippen LogP contribution in [0.25, 0.3) is 0 Å². The first kappa shape index (κ1) is 19.2. The first-order valence-corrected chi connectivity index (χ1v) is 9.54. The van der Waals surface area contributed by atoms with Crippen molar-refractivity contribution in [3.63, 3.8) is 0 Å². The fraction of sp³-hybridized carbons (Fsp3) is 0.750. The summed E-state index contributed by atoms with van der Waals surface area (Å²) in [5, 5.41) is 0. The molecule has 0 spiro atoms. The highest BCUT2D eigenvalue weighted by molar-refractivity contribution is 5.36. The van der Waals surface area contributed by atoms with Gasteiger partial charge in [-0.2, -0.15) is 0 Å². The van der Waals surface area contributed by atoms with Crippen LogP contribution in [-0.2, 0) is 12.8 Å². The van der Waals surface area contributed by atoms with Crippen molar-refractivity contribution >= 4 is 0 Å². The summed E-state index contributed by atoms with van der Waals surface area (Å²) in [6.45, 7) is 3.57. The molecule has 0 aromatic carbocycles. The molecule has 1 aliphatic carbocycles. The van der Waals surface area contributed by atoms with Gasteiger partial charge in [0.1, 0.15) is 11.9 Å². The highest BCUT2D eigenvalue weighted by atomic mass is 127. The lowest BCUT2D eigenvalue weighted by atomic mass is 9.79. The third-order valence-electron chi connectivity index (χ3n) is 5.87. The van der Waals surface area contributed by atoms with Gasteiger partial charge in [0.2, 0.25) is 0 Å². The molecule has 0 bridgehead atoms. The smallest absolute Gasteiger partial charge is 0.119 e. The van der Waals surface area contributed by atoms with Gasteiger partial charge in [0.15, 0.2) is 0 Å². The van der Waals surface area contributed by atoms with Gasteiger partial charge in [-0.05, 0) is 45.2 Å². The van der Waals surface area contributed by atoms with E-state index in [4.69, 9.17) is 0 Å². The van der Waals surface area contributed by atoms with Crippen molar-refractivity contribution in [3.8, 4) is 0 Å². The van der Waals surface area contributed by atoms with Gasteiger partial charge in [-0.1, -0.05) is 39.0 Å². The highest BCUT2D eigenvalue weighted by Crippen LogP contribution is 2.44. The summed E-state index contributed by atoms with van der Waals surface area (Å²) < 4.78 is 0. The largest absolute Gasteiger partial charge is 1.00 e. The van der Waals surface area contributed by atoms with Crippen LogP contribution in [0.15, 0.2) is 12.3 Å². The average Bonchev–Trinajstić information content (AvgIpc) is 2.92. The Hall–Kier alpha value is -0.160. The molecule has 3 rings (SSSR count). The predicted octanol–water partition coefficient (Wildman–Crippen LogP) is 2.14. The number of likely N-dealkylation sites (tertiary alicyclic amines) is 1. The summed E-state index contributed by atoms with van der Waals surface area (Å²) in [6, 6.07) is 3.06. The van der Waals surface area contributed by atoms with E-state index in [2.05, 4.69) is 36.1 Å². The van der Waals surface area contributed by atoms with Crippen LogP contribution in [-0.4, -0.2) is 23.5 Å². The molecule has 0 radical (unpaired) electrons. The Morgan fingerprint density at radius 1 is 1.17 bits per heavy atom. The van der Waals surface area contributed by atoms with E-state index in [1.165, 1.54) is 76.4 Å². The van der Waals surface area contributed by atoms with Crippen LogP contribution >= 0.6 is 0 Å². The second-order valence-corrected chi connectivity index (χ2v) is 7.42. The molecule has 1 saturated heterocycles. The molecule has 0 amide bonds.